The summed E-state index contributed by atoms with van der Waals surface area (Å²) < 4.78 is 0. The lowest BCUT2D eigenvalue weighted by Crippen LogP contribution is -2.52. The van der Waals surface area contributed by atoms with Crippen LogP contribution in [0.3, 0.4) is 0 Å². The highest BCUT2D eigenvalue weighted by Gasteiger charge is 2.35. The molecule has 0 spiro atoms. The van der Waals surface area contributed by atoms with E-state index in [1.165, 1.54) is 38.9 Å². The third kappa shape index (κ3) is 3.58. The number of hydrogen-bond donors (Lipinski definition) is 0. The largest absolute Gasteiger partial charge is 0.338 e. The number of fused-ring (bicyclic) bond motifs is 4. The van der Waals surface area contributed by atoms with Crippen LogP contribution >= 0.6 is 0 Å². The van der Waals surface area contributed by atoms with Gasteiger partial charge in [0.05, 0.1) is 5.69 Å². The van der Waals surface area contributed by atoms with Crippen molar-refractivity contribution in [2.45, 2.75) is 25.3 Å². The molecule has 0 aliphatic carbocycles. The molecule has 0 amide bonds. The van der Waals surface area contributed by atoms with Gasteiger partial charge in [-0.1, -0.05) is 30.3 Å². The maximum absolute atomic E-state index is 4.85. The van der Waals surface area contributed by atoms with Crippen molar-refractivity contribution < 1.29 is 0 Å². The molecule has 4 fully saturated rings. The number of rotatable bonds is 3. The second-order valence-corrected chi connectivity index (χ2v) is 8.17. The molecule has 6 rings (SSSR count). The Morgan fingerprint density at radius 1 is 0.778 bits per heavy atom. The van der Waals surface area contributed by atoms with Crippen LogP contribution in [0.1, 0.15) is 19.3 Å². The Hall–Kier alpha value is -1.98. The monoisotopic (exact) mass is 363 g/mol. The number of piperidine rings is 1. The fraction of sp³-hybridized carbons (Fsp3) is 0.545. The first-order valence-corrected chi connectivity index (χ1v) is 10.5. The molecule has 2 bridgehead atoms. The minimum absolute atomic E-state index is 0.788. The third-order valence-corrected chi connectivity index (χ3v) is 6.70. The minimum atomic E-state index is 0.788. The molecule has 4 aliphatic heterocycles. The zero-order chi connectivity index (χ0) is 18.1. The molecule has 5 heterocycles. The number of hydrogen-bond acceptors (Lipinski definition) is 5. The lowest BCUT2D eigenvalue weighted by molar-refractivity contribution is 0.119. The summed E-state index contributed by atoms with van der Waals surface area (Å²) in [4.78, 5) is 17.2. The molecule has 0 saturated carbocycles. The van der Waals surface area contributed by atoms with Crippen molar-refractivity contribution in [3.8, 4) is 11.3 Å². The van der Waals surface area contributed by atoms with E-state index in [9.17, 15) is 0 Å². The SMILES string of the molecule is c1ccc(-c2ccnc(N3CCN(C4CCN5CCC4CC5)CC3)n2)cc1. The molecular weight excluding hydrogens is 334 g/mol. The van der Waals surface area contributed by atoms with E-state index in [0.717, 1.165) is 55.3 Å². The first-order chi connectivity index (χ1) is 13.4. The Kier molecular flexibility index (Phi) is 4.80. The Labute approximate surface area is 162 Å². The first-order valence-electron chi connectivity index (χ1n) is 10.5. The maximum Gasteiger partial charge on any atom is 0.225 e. The molecule has 5 nitrogen and oxygen atoms in total. The number of nitrogens with zero attached hydrogens (tertiary/aromatic N) is 5. The standard InChI is InChI=1S/C22H29N5/c1-2-4-18(5-3-1)20-6-10-23-22(24-20)27-16-14-26(15-17-27)21-9-13-25-11-7-19(21)8-12-25/h1-6,10,19,21H,7-9,11-17H2. The van der Waals surface area contributed by atoms with Gasteiger partial charge in [0.1, 0.15) is 0 Å². The highest BCUT2D eigenvalue weighted by molar-refractivity contribution is 5.59. The van der Waals surface area contributed by atoms with Gasteiger partial charge in [0.15, 0.2) is 0 Å². The van der Waals surface area contributed by atoms with Gasteiger partial charge < -0.3 is 9.80 Å². The van der Waals surface area contributed by atoms with Crippen LogP contribution in [0.2, 0.25) is 0 Å². The predicted octanol–water partition coefficient (Wildman–Crippen LogP) is 2.75. The van der Waals surface area contributed by atoms with Crippen LogP contribution in [-0.2, 0) is 0 Å². The molecule has 2 aromatic rings. The quantitative estimate of drug-likeness (QED) is 0.838. The van der Waals surface area contributed by atoms with Crippen molar-refractivity contribution in [3.63, 3.8) is 0 Å². The van der Waals surface area contributed by atoms with Crippen LogP contribution in [0.4, 0.5) is 5.95 Å². The maximum atomic E-state index is 4.85. The predicted molar refractivity (Wildman–Crippen MR) is 109 cm³/mol. The van der Waals surface area contributed by atoms with Crippen LogP contribution in [0, 0.1) is 5.92 Å². The number of benzene rings is 1. The van der Waals surface area contributed by atoms with E-state index in [2.05, 4.69) is 43.9 Å². The van der Waals surface area contributed by atoms with Crippen molar-refractivity contribution in [1.82, 2.24) is 19.8 Å². The first kappa shape index (κ1) is 17.1. The van der Waals surface area contributed by atoms with Crippen LogP contribution < -0.4 is 4.90 Å². The van der Waals surface area contributed by atoms with E-state index in [1.54, 1.807) is 0 Å². The summed E-state index contributed by atoms with van der Waals surface area (Å²) in [6.07, 6.45) is 6.04. The van der Waals surface area contributed by atoms with Crippen LogP contribution in [0.25, 0.3) is 11.3 Å². The molecule has 1 aromatic heterocycles. The molecule has 0 N–H and O–H groups in total. The van der Waals surface area contributed by atoms with Gasteiger partial charge in [-0.15, -0.1) is 0 Å². The summed E-state index contributed by atoms with van der Waals surface area (Å²) in [5.41, 5.74) is 2.17. The molecule has 1 unspecified atom stereocenters. The Morgan fingerprint density at radius 3 is 2.30 bits per heavy atom. The van der Waals surface area contributed by atoms with E-state index in [4.69, 9.17) is 4.98 Å². The highest BCUT2D eigenvalue weighted by Crippen LogP contribution is 2.31. The smallest absolute Gasteiger partial charge is 0.225 e. The topological polar surface area (TPSA) is 35.5 Å². The van der Waals surface area contributed by atoms with Crippen LogP contribution in [-0.4, -0.2) is 71.6 Å². The van der Waals surface area contributed by atoms with Crippen LogP contribution in [0.15, 0.2) is 42.6 Å². The summed E-state index contributed by atoms with van der Waals surface area (Å²) in [5.74, 6) is 1.79. The molecule has 142 valence electrons. The molecule has 4 saturated heterocycles. The molecule has 27 heavy (non-hydrogen) atoms. The van der Waals surface area contributed by atoms with Gasteiger partial charge in [-0.3, -0.25) is 4.90 Å². The number of aromatic nitrogens is 2. The van der Waals surface area contributed by atoms with Gasteiger partial charge in [-0.25, -0.2) is 9.97 Å². The van der Waals surface area contributed by atoms with Gasteiger partial charge in [0.2, 0.25) is 5.95 Å². The van der Waals surface area contributed by atoms with E-state index in [0.29, 0.717) is 0 Å². The lowest BCUT2D eigenvalue weighted by Gasteiger charge is -2.42. The molecule has 0 radical (unpaired) electrons. The van der Waals surface area contributed by atoms with E-state index < -0.39 is 0 Å². The average molecular weight is 364 g/mol. The molecule has 1 atom stereocenters. The summed E-state index contributed by atoms with van der Waals surface area (Å²) >= 11 is 0. The molecular formula is C22H29N5. The van der Waals surface area contributed by atoms with Crippen molar-refractivity contribution >= 4 is 5.95 Å². The summed E-state index contributed by atoms with van der Waals surface area (Å²) in [6.45, 7) is 8.28. The normalized spacial score (nSPS) is 28.9. The van der Waals surface area contributed by atoms with E-state index >= 15 is 0 Å². The highest BCUT2D eigenvalue weighted by atomic mass is 15.3. The Balaban J connectivity index is 1.26. The zero-order valence-electron chi connectivity index (χ0n) is 16.0. The Morgan fingerprint density at radius 2 is 1.52 bits per heavy atom. The summed E-state index contributed by atoms with van der Waals surface area (Å²) in [6, 6.07) is 13.2. The van der Waals surface area contributed by atoms with Gasteiger partial charge >= 0.3 is 0 Å². The molecule has 4 aliphatic rings. The fourth-order valence-electron chi connectivity index (χ4n) is 5.12. The number of anilines is 1. The van der Waals surface area contributed by atoms with Gasteiger partial charge in [-0.2, -0.15) is 0 Å². The Bertz CT molecular complexity index is 748. The second kappa shape index (κ2) is 7.56. The van der Waals surface area contributed by atoms with Crippen molar-refractivity contribution in [2.24, 2.45) is 5.92 Å². The van der Waals surface area contributed by atoms with Crippen molar-refractivity contribution in [2.75, 3.05) is 50.7 Å². The van der Waals surface area contributed by atoms with Crippen LogP contribution in [0.5, 0.6) is 0 Å². The average Bonchev–Trinajstić information content (AvgIpc) is 3.09. The van der Waals surface area contributed by atoms with Gasteiger partial charge in [0, 0.05) is 44.0 Å². The molecule has 1 aromatic carbocycles. The van der Waals surface area contributed by atoms with E-state index in [-0.39, 0.29) is 0 Å². The molecule has 5 heteroatoms. The van der Waals surface area contributed by atoms with E-state index in [1.807, 2.05) is 18.3 Å². The second-order valence-electron chi connectivity index (χ2n) is 8.17. The van der Waals surface area contributed by atoms with Gasteiger partial charge in [0.25, 0.3) is 0 Å². The third-order valence-electron chi connectivity index (χ3n) is 6.70. The zero-order valence-corrected chi connectivity index (χ0v) is 16.0. The summed E-state index contributed by atoms with van der Waals surface area (Å²) in [7, 11) is 0. The van der Waals surface area contributed by atoms with Crippen molar-refractivity contribution in [3.05, 3.63) is 42.6 Å². The van der Waals surface area contributed by atoms with Crippen molar-refractivity contribution in [1.29, 1.82) is 0 Å². The number of piperazine rings is 1. The summed E-state index contributed by atoms with van der Waals surface area (Å²) in [5, 5.41) is 0. The lowest BCUT2D eigenvalue weighted by atomic mass is 9.89. The van der Waals surface area contributed by atoms with Gasteiger partial charge in [-0.05, 0) is 50.9 Å². The minimum Gasteiger partial charge on any atom is -0.338 e. The fourth-order valence-corrected chi connectivity index (χ4v) is 5.12.